The van der Waals surface area contributed by atoms with Gasteiger partial charge in [-0.2, -0.15) is 0 Å². The number of rotatable bonds is 3. The molecule has 0 radical (unpaired) electrons. The third kappa shape index (κ3) is 2.04. The van der Waals surface area contributed by atoms with Gasteiger partial charge in [-0.25, -0.2) is 0 Å². The molecule has 2 aliphatic carbocycles. The lowest BCUT2D eigenvalue weighted by molar-refractivity contribution is 0.645. The third-order valence-electron chi connectivity index (χ3n) is 3.28. The van der Waals surface area contributed by atoms with Gasteiger partial charge in [0.25, 0.3) is 0 Å². The molecule has 13 heavy (non-hydrogen) atoms. The van der Waals surface area contributed by atoms with E-state index in [-0.39, 0.29) is 0 Å². The SMILES string of the molecule is CCCCC1C=C2CCCCC2=C1. The summed E-state index contributed by atoms with van der Waals surface area (Å²) >= 11 is 0. The Balaban J connectivity index is 1.95. The van der Waals surface area contributed by atoms with Crippen LogP contribution in [-0.4, -0.2) is 0 Å². The van der Waals surface area contributed by atoms with Crippen molar-refractivity contribution in [3.05, 3.63) is 23.3 Å². The summed E-state index contributed by atoms with van der Waals surface area (Å²) in [6, 6.07) is 0. The van der Waals surface area contributed by atoms with E-state index in [1.54, 1.807) is 11.1 Å². The van der Waals surface area contributed by atoms with Crippen molar-refractivity contribution in [2.24, 2.45) is 5.92 Å². The first-order valence-corrected chi connectivity index (χ1v) is 5.82. The monoisotopic (exact) mass is 176 g/mol. The van der Waals surface area contributed by atoms with Crippen LogP contribution in [0.25, 0.3) is 0 Å². The molecule has 0 saturated heterocycles. The van der Waals surface area contributed by atoms with Crippen LogP contribution in [0.2, 0.25) is 0 Å². The van der Waals surface area contributed by atoms with E-state index in [4.69, 9.17) is 0 Å². The number of unbranched alkanes of at least 4 members (excludes halogenated alkanes) is 1. The molecule has 0 aromatic rings. The molecule has 0 heterocycles. The Labute approximate surface area is 81.7 Å². The van der Waals surface area contributed by atoms with Gasteiger partial charge in [-0.15, -0.1) is 0 Å². The van der Waals surface area contributed by atoms with Crippen molar-refractivity contribution in [3.63, 3.8) is 0 Å². The van der Waals surface area contributed by atoms with Gasteiger partial charge in [0.1, 0.15) is 0 Å². The summed E-state index contributed by atoms with van der Waals surface area (Å²) in [7, 11) is 0. The van der Waals surface area contributed by atoms with Crippen LogP contribution in [0.3, 0.4) is 0 Å². The molecule has 0 atom stereocenters. The molecule has 0 aliphatic heterocycles. The highest BCUT2D eigenvalue weighted by atomic mass is 14.2. The van der Waals surface area contributed by atoms with Gasteiger partial charge in [-0.1, -0.05) is 31.9 Å². The molecule has 0 aromatic heterocycles. The zero-order chi connectivity index (χ0) is 9.10. The summed E-state index contributed by atoms with van der Waals surface area (Å²) in [6.45, 7) is 2.28. The average molecular weight is 176 g/mol. The molecule has 1 saturated carbocycles. The van der Waals surface area contributed by atoms with E-state index in [0.29, 0.717) is 0 Å². The van der Waals surface area contributed by atoms with E-state index in [0.717, 1.165) is 5.92 Å². The molecule has 1 fully saturated rings. The van der Waals surface area contributed by atoms with Crippen LogP contribution in [0.5, 0.6) is 0 Å². The molecule has 0 N–H and O–H groups in total. The Hall–Kier alpha value is -0.520. The van der Waals surface area contributed by atoms with Crippen molar-refractivity contribution in [1.82, 2.24) is 0 Å². The standard InChI is InChI=1S/C13H20/c1-2-3-6-11-9-12-7-4-5-8-13(12)10-11/h9-11H,2-8H2,1H3. The first-order chi connectivity index (χ1) is 6.40. The zero-order valence-corrected chi connectivity index (χ0v) is 8.68. The van der Waals surface area contributed by atoms with Gasteiger partial charge in [0.2, 0.25) is 0 Å². The van der Waals surface area contributed by atoms with Crippen LogP contribution >= 0.6 is 0 Å². The average Bonchev–Trinajstić information content (AvgIpc) is 2.57. The van der Waals surface area contributed by atoms with Crippen molar-refractivity contribution in [1.29, 1.82) is 0 Å². The predicted octanol–water partition coefficient (Wildman–Crippen LogP) is 4.23. The van der Waals surface area contributed by atoms with E-state index in [9.17, 15) is 0 Å². The maximum Gasteiger partial charge on any atom is -0.00417 e. The predicted molar refractivity (Wildman–Crippen MR) is 57.6 cm³/mol. The smallest absolute Gasteiger partial charge is 0.00417 e. The van der Waals surface area contributed by atoms with E-state index in [1.807, 2.05) is 0 Å². The molecule has 0 amide bonds. The van der Waals surface area contributed by atoms with Gasteiger partial charge in [-0.05, 0) is 49.2 Å². The lowest BCUT2D eigenvalue weighted by atomic mass is 9.92. The fraction of sp³-hybridized carbons (Fsp3) is 0.692. The minimum Gasteiger partial charge on any atom is -0.0741 e. The Morgan fingerprint density at radius 1 is 1.15 bits per heavy atom. The summed E-state index contributed by atoms with van der Waals surface area (Å²) in [5.41, 5.74) is 3.37. The third-order valence-corrected chi connectivity index (χ3v) is 3.28. The Morgan fingerprint density at radius 3 is 2.31 bits per heavy atom. The van der Waals surface area contributed by atoms with Gasteiger partial charge < -0.3 is 0 Å². The number of hydrogen-bond acceptors (Lipinski definition) is 0. The fourth-order valence-corrected chi connectivity index (χ4v) is 2.50. The van der Waals surface area contributed by atoms with E-state index >= 15 is 0 Å². The summed E-state index contributed by atoms with van der Waals surface area (Å²) in [5, 5.41) is 0. The number of allylic oxidation sites excluding steroid dienone is 4. The molecule has 0 nitrogen and oxygen atoms in total. The normalized spacial score (nSPS) is 22.5. The van der Waals surface area contributed by atoms with Crippen molar-refractivity contribution in [2.45, 2.75) is 51.9 Å². The minimum absolute atomic E-state index is 0.794. The molecule has 72 valence electrons. The molecule has 2 rings (SSSR count). The maximum absolute atomic E-state index is 2.53. The molecule has 0 bridgehead atoms. The van der Waals surface area contributed by atoms with Crippen LogP contribution in [0.4, 0.5) is 0 Å². The van der Waals surface area contributed by atoms with E-state index in [1.165, 1.54) is 44.9 Å². The Morgan fingerprint density at radius 2 is 1.77 bits per heavy atom. The lowest BCUT2D eigenvalue weighted by Gasteiger charge is -2.13. The number of hydrogen-bond donors (Lipinski definition) is 0. The molecular weight excluding hydrogens is 156 g/mol. The summed E-state index contributed by atoms with van der Waals surface area (Å²) < 4.78 is 0. The maximum atomic E-state index is 2.53. The van der Waals surface area contributed by atoms with Gasteiger partial charge in [-0.3, -0.25) is 0 Å². The Kier molecular flexibility index (Phi) is 2.87. The van der Waals surface area contributed by atoms with Crippen LogP contribution < -0.4 is 0 Å². The quantitative estimate of drug-likeness (QED) is 0.603. The topological polar surface area (TPSA) is 0 Å². The molecule has 2 aliphatic rings. The number of fused-ring (bicyclic) bond motifs is 1. The van der Waals surface area contributed by atoms with Crippen LogP contribution in [0.15, 0.2) is 23.3 Å². The molecular formula is C13H20. The second-order valence-corrected chi connectivity index (χ2v) is 4.40. The largest absolute Gasteiger partial charge is 0.0741 e. The minimum atomic E-state index is 0.794. The molecule has 0 spiro atoms. The zero-order valence-electron chi connectivity index (χ0n) is 8.68. The van der Waals surface area contributed by atoms with Crippen LogP contribution in [-0.2, 0) is 0 Å². The fourth-order valence-electron chi connectivity index (χ4n) is 2.50. The summed E-state index contributed by atoms with van der Waals surface area (Å²) in [5.74, 6) is 0.794. The van der Waals surface area contributed by atoms with E-state index in [2.05, 4.69) is 19.1 Å². The van der Waals surface area contributed by atoms with Gasteiger partial charge >= 0.3 is 0 Å². The molecule has 0 unspecified atom stereocenters. The summed E-state index contributed by atoms with van der Waals surface area (Å²) in [4.78, 5) is 0. The first-order valence-electron chi connectivity index (χ1n) is 5.82. The van der Waals surface area contributed by atoms with Crippen molar-refractivity contribution in [3.8, 4) is 0 Å². The van der Waals surface area contributed by atoms with Crippen molar-refractivity contribution in [2.75, 3.05) is 0 Å². The molecule has 0 heteroatoms. The van der Waals surface area contributed by atoms with Crippen LogP contribution in [0, 0.1) is 5.92 Å². The second-order valence-electron chi connectivity index (χ2n) is 4.40. The van der Waals surface area contributed by atoms with Crippen LogP contribution in [0.1, 0.15) is 51.9 Å². The molecule has 0 aromatic carbocycles. The summed E-state index contributed by atoms with van der Waals surface area (Å²) in [6.07, 6.45) is 14.7. The Bertz CT molecular complexity index is 210. The second kappa shape index (κ2) is 4.13. The van der Waals surface area contributed by atoms with E-state index < -0.39 is 0 Å². The highest BCUT2D eigenvalue weighted by molar-refractivity contribution is 5.40. The first kappa shape index (κ1) is 9.05. The van der Waals surface area contributed by atoms with Gasteiger partial charge in [0.15, 0.2) is 0 Å². The highest BCUT2D eigenvalue weighted by Crippen LogP contribution is 2.36. The highest BCUT2D eigenvalue weighted by Gasteiger charge is 2.19. The van der Waals surface area contributed by atoms with Gasteiger partial charge in [0.05, 0.1) is 0 Å². The van der Waals surface area contributed by atoms with Gasteiger partial charge in [0, 0.05) is 0 Å². The van der Waals surface area contributed by atoms with Crippen molar-refractivity contribution >= 4 is 0 Å². The van der Waals surface area contributed by atoms with Crippen molar-refractivity contribution < 1.29 is 0 Å². The lowest BCUT2D eigenvalue weighted by Crippen LogP contribution is -1.94.